The van der Waals surface area contributed by atoms with Crippen LogP contribution in [0.15, 0.2) is 0 Å². The van der Waals surface area contributed by atoms with Crippen LogP contribution in [0, 0.1) is 0 Å². The van der Waals surface area contributed by atoms with Crippen molar-refractivity contribution in [1.29, 1.82) is 0 Å². The molecule has 0 unspecified atom stereocenters. The Morgan fingerprint density at radius 2 is 0.857 bits per heavy atom. The molecule has 0 radical (unpaired) electrons. The van der Waals surface area contributed by atoms with Crippen LogP contribution in [0.2, 0.25) is 0 Å². The first-order chi connectivity index (χ1) is 10.1. The molecule has 0 aromatic heterocycles. The summed E-state index contributed by atoms with van der Waals surface area (Å²) in [5.41, 5.74) is 5.47. The average molecular weight is 300 g/mol. The number of Topliss-reactive ketones (excluding diaryl/α,β-unsaturated/α-hetero) is 1. The van der Waals surface area contributed by atoms with Crippen molar-refractivity contribution in [2.24, 2.45) is 5.73 Å². The summed E-state index contributed by atoms with van der Waals surface area (Å²) >= 11 is 0. The molecule has 0 aliphatic heterocycles. The number of hydrogen-bond donors (Lipinski definition) is 1. The standard InChI is InChI=1S/C16H35N.C3H6O/c1-2-3-4-5-6-7-8-9-10-11-12-13-14-15-16-17;1-3(2)4/h2-17H2,1H3;1-2H3. The van der Waals surface area contributed by atoms with E-state index in [0.717, 1.165) is 6.54 Å². The number of rotatable bonds is 14. The van der Waals surface area contributed by atoms with Crippen LogP contribution in [0.1, 0.15) is 111 Å². The molecular weight excluding hydrogens is 258 g/mol. The van der Waals surface area contributed by atoms with Gasteiger partial charge in [-0.1, -0.05) is 90.4 Å². The molecule has 0 bridgehead atoms. The summed E-state index contributed by atoms with van der Waals surface area (Å²) < 4.78 is 0. The predicted molar refractivity (Wildman–Crippen MR) is 95.7 cm³/mol. The van der Waals surface area contributed by atoms with E-state index in [1.807, 2.05) is 0 Å². The van der Waals surface area contributed by atoms with Crippen molar-refractivity contribution in [3.63, 3.8) is 0 Å². The van der Waals surface area contributed by atoms with Crippen molar-refractivity contribution >= 4 is 5.78 Å². The first-order valence-electron chi connectivity index (χ1n) is 9.32. The zero-order valence-corrected chi connectivity index (χ0v) is 15.1. The summed E-state index contributed by atoms with van der Waals surface area (Å²) in [6.45, 7) is 6.21. The quantitative estimate of drug-likeness (QED) is 0.398. The summed E-state index contributed by atoms with van der Waals surface area (Å²) in [6.07, 6.45) is 19.9. The zero-order valence-electron chi connectivity index (χ0n) is 15.1. The molecule has 0 aliphatic rings. The Hall–Kier alpha value is -0.370. The van der Waals surface area contributed by atoms with Crippen molar-refractivity contribution in [3.05, 3.63) is 0 Å². The number of unbranched alkanes of at least 4 members (excludes halogenated alkanes) is 13. The van der Waals surface area contributed by atoms with Gasteiger partial charge in [-0.3, -0.25) is 0 Å². The molecule has 0 fully saturated rings. The van der Waals surface area contributed by atoms with Gasteiger partial charge in [0.2, 0.25) is 0 Å². The smallest absolute Gasteiger partial charge is 0.126 e. The molecule has 21 heavy (non-hydrogen) atoms. The fourth-order valence-electron chi connectivity index (χ4n) is 2.34. The third kappa shape index (κ3) is 32.8. The lowest BCUT2D eigenvalue weighted by molar-refractivity contribution is -0.114. The third-order valence-electron chi connectivity index (χ3n) is 3.56. The zero-order chi connectivity index (χ0) is 16.2. The van der Waals surface area contributed by atoms with E-state index in [4.69, 9.17) is 5.73 Å². The molecule has 0 heterocycles. The van der Waals surface area contributed by atoms with Gasteiger partial charge in [-0.05, 0) is 26.8 Å². The van der Waals surface area contributed by atoms with Crippen LogP contribution in [0.4, 0.5) is 0 Å². The van der Waals surface area contributed by atoms with Crippen LogP contribution in [-0.2, 0) is 4.79 Å². The second-order valence-corrected chi connectivity index (χ2v) is 6.29. The number of nitrogens with two attached hydrogens (primary N) is 1. The normalized spacial score (nSPS) is 10.1. The summed E-state index contributed by atoms with van der Waals surface area (Å²) in [6, 6.07) is 0. The van der Waals surface area contributed by atoms with Gasteiger partial charge in [0.1, 0.15) is 5.78 Å². The minimum Gasteiger partial charge on any atom is -0.330 e. The van der Waals surface area contributed by atoms with E-state index in [0.29, 0.717) is 0 Å². The van der Waals surface area contributed by atoms with Crippen molar-refractivity contribution in [3.8, 4) is 0 Å². The number of hydrogen-bond acceptors (Lipinski definition) is 2. The van der Waals surface area contributed by atoms with Gasteiger partial charge in [0.25, 0.3) is 0 Å². The Labute approximate surface area is 134 Å². The van der Waals surface area contributed by atoms with Crippen LogP contribution in [0.3, 0.4) is 0 Å². The molecule has 2 nitrogen and oxygen atoms in total. The Bertz CT molecular complexity index is 174. The molecule has 2 heteroatoms. The molecule has 0 spiro atoms. The second kappa shape index (κ2) is 21.9. The highest BCUT2D eigenvalue weighted by molar-refractivity contribution is 5.72. The van der Waals surface area contributed by atoms with Gasteiger partial charge in [0.05, 0.1) is 0 Å². The van der Waals surface area contributed by atoms with Gasteiger partial charge in [-0.25, -0.2) is 0 Å². The van der Waals surface area contributed by atoms with Gasteiger partial charge in [-0.2, -0.15) is 0 Å². The molecule has 0 aromatic carbocycles. The molecule has 2 N–H and O–H groups in total. The summed E-state index contributed by atoms with van der Waals surface area (Å²) in [4.78, 5) is 9.44. The van der Waals surface area contributed by atoms with E-state index in [-0.39, 0.29) is 5.78 Å². The molecule has 0 saturated heterocycles. The Kier molecular flexibility index (Phi) is 23.9. The minimum atomic E-state index is 0.167. The Morgan fingerprint density at radius 1 is 0.619 bits per heavy atom. The Balaban J connectivity index is 0. The van der Waals surface area contributed by atoms with Gasteiger partial charge < -0.3 is 10.5 Å². The average Bonchev–Trinajstić information content (AvgIpc) is 2.43. The lowest BCUT2D eigenvalue weighted by Gasteiger charge is -2.02. The van der Waals surface area contributed by atoms with Crippen LogP contribution >= 0.6 is 0 Å². The van der Waals surface area contributed by atoms with Crippen molar-refractivity contribution in [2.45, 2.75) is 111 Å². The minimum absolute atomic E-state index is 0.167. The molecule has 0 rings (SSSR count). The van der Waals surface area contributed by atoms with Gasteiger partial charge in [-0.15, -0.1) is 0 Å². The van der Waals surface area contributed by atoms with Crippen LogP contribution < -0.4 is 5.73 Å². The van der Waals surface area contributed by atoms with Gasteiger partial charge in [0.15, 0.2) is 0 Å². The van der Waals surface area contributed by atoms with E-state index < -0.39 is 0 Å². The highest BCUT2D eigenvalue weighted by atomic mass is 16.1. The summed E-state index contributed by atoms with van der Waals surface area (Å²) in [5, 5.41) is 0. The molecule has 0 saturated carbocycles. The van der Waals surface area contributed by atoms with Crippen molar-refractivity contribution in [1.82, 2.24) is 0 Å². The summed E-state index contributed by atoms with van der Waals surface area (Å²) in [5.74, 6) is 0.167. The maximum Gasteiger partial charge on any atom is 0.126 e. The van der Waals surface area contributed by atoms with Crippen LogP contribution in [-0.4, -0.2) is 12.3 Å². The molecule has 0 atom stereocenters. The lowest BCUT2D eigenvalue weighted by atomic mass is 10.0. The predicted octanol–water partition coefficient (Wildman–Crippen LogP) is 6.02. The first kappa shape index (κ1) is 22.9. The highest BCUT2D eigenvalue weighted by Gasteiger charge is 1.93. The molecule has 128 valence electrons. The number of carbonyl (C=O) groups is 1. The van der Waals surface area contributed by atoms with E-state index in [2.05, 4.69) is 6.92 Å². The van der Waals surface area contributed by atoms with Crippen molar-refractivity contribution < 1.29 is 4.79 Å². The first-order valence-corrected chi connectivity index (χ1v) is 9.32. The maximum absolute atomic E-state index is 9.44. The SMILES string of the molecule is CC(C)=O.CCCCCCCCCCCCCCCCN. The Morgan fingerprint density at radius 3 is 1.10 bits per heavy atom. The topological polar surface area (TPSA) is 43.1 Å². The highest BCUT2D eigenvalue weighted by Crippen LogP contribution is 2.12. The fourth-order valence-corrected chi connectivity index (χ4v) is 2.34. The van der Waals surface area contributed by atoms with Crippen LogP contribution in [0.25, 0.3) is 0 Å². The van der Waals surface area contributed by atoms with E-state index in [1.165, 1.54) is 104 Å². The lowest BCUT2D eigenvalue weighted by Crippen LogP contribution is -1.97. The third-order valence-corrected chi connectivity index (χ3v) is 3.56. The molecule has 0 aliphatic carbocycles. The van der Waals surface area contributed by atoms with Crippen LogP contribution in [0.5, 0.6) is 0 Å². The van der Waals surface area contributed by atoms with Gasteiger partial charge in [0, 0.05) is 0 Å². The van der Waals surface area contributed by atoms with Crippen molar-refractivity contribution in [2.75, 3.05) is 6.54 Å². The summed E-state index contributed by atoms with van der Waals surface area (Å²) in [7, 11) is 0. The fraction of sp³-hybridized carbons (Fsp3) is 0.947. The maximum atomic E-state index is 9.44. The molecule has 0 aromatic rings. The number of carbonyl (C=O) groups excluding carboxylic acids is 1. The molecular formula is C19H41NO. The van der Waals surface area contributed by atoms with Gasteiger partial charge >= 0.3 is 0 Å². The van der Waals surface area contributed by atoms with E-state index in [9.17, 15) is 4.79 Å². The molecule has 0 amide bonds. The number of ketones is 1. The van der Waals surface area contributed by atoms with E-state index >= 15 is 0 Å². The van der Waals surface area contributed by atoms with E-state index in [1.54, 1.807) is 0 Å². The second-order valence-electron chi connectivity index (χ2n) is 6.29. The largest absolute Gasteiger partial charge is 0.330 e. The monoisotopic (exact) mass is 299 g/mol.